The van der Waals surface area contributed by atoms with E-state index in [2.05, 4.69) is 0 Å². The predicted octanol–water partition coefficient (Wildman–Crippen LogP) is 2.64. The Hall–Kier alpha value is -0.870. The van der Waals surface area contributed by atoms with Gasteiger partial charge < -0.3 is 10.5 Å². The molecule has 1 aliphatic carbocycles. The van der Waals surface area contributed by atoms with Crippen molar-refractivity contribution in [3.63, 3.8) is 0 Å². The van der Waals surface area contributed by atoms with Gasteiger partial charge in [-0.2, -0.15) is 0 Å². The van der Waals surface area contributed by atoms with Crippen molar-refractivity contribution in [1.82, 2.24) is 0 Å². The highest BCUT2D eigenvalue weighted by molar-refractivity contribution is 7.85. The zero-order chi connectivity index (χ0) is 13.1. The van der Waals surface area contributed by atoms with E-state index in [1.54, 1.807) is 7.11 Å². The van der Waals surface area contributed by atoms with Crippen LogP contribution in [-0.4, -0.2) is 22.7 Å². The quantitative estimate of drug-likeness (QED) is 0.857. The van der Waals surface area contributed by atoms with Crippen molar-refractivity contribution in [2.24, 2.45) is 0 Å². The largest absolute Gasteiger partial charge is 0.399 e. The second kappa shape index (κ2) is 5.85. The van der Waals surface area contributed by atoms with E-state index in [0.717, 1.165) is 41.8 Å². The minimum absolute atomic E-state index is 0.214. The molecule has 0 bridgehead atoms. The molecule has 18 heavy (non-hydrogen) atoms. The summed E-state index contributed by atoms with van der Waals surface area (Å²) in [6.07, 6.45) is 4.37. The Morgan fingerprint density at radius 3 is 2.83 bits per heavy atom. The first-order valence-electron chi connectivity index (χ1n) is 6.41. The van der Waals surface area contributed by atoms with E-state index in [1.165, 1.54) is 0 Å². The van der Waals surface area contributed by atoms with Gasteiger partial charge in [-0.05, 0) is 56.4 Å². The lowest BCUT2D eigenvalue weighted by molar-refractivity contribution is 0.0725. The third-order valence-corrected chi connectivity index (χ3v) is 5.56. The summed E-state index contributed by atoms with van der Waals surface area (Å²) in [5, 5.41) is 0.214. The molecule has 4 heteroatoms. The molecule has 0 spiro atoms. The van der Waals surface area contributed by atoms with Crippen molar-refractivity contribution in [1.29, 1.82) is 0 Å². The highest BCUT2D eigenvalue weighted by atomic mass is 32.2. The van der Waals surface area contributed by atoms with Gasteiger partial charge in [-0.1, -0.05) is 0 Å². The van der Waals surface area contributed by atoms with E-state index >= 15 is 0 Å². The highest BCUT2D eigenvalue weighted by Crippen LogP contribution is 2.29. The molecule has 0 amide bonds. The second-order valence-electron chi connectivity index (χ2n) is 4.97. The molecule has 1 aliphatic rings. The zero-order valence-corrected chi connectivity index (χ0v) is 11.8. The summed E-state index contributed by atoms with van der Waals surface area (Å²) in [6, 6.07) is 5.62. The van der Waals surface area contributed by atoms with E-state index in [4.69, 9.17) is 10.5 Å². The van der Waals surface area contributed by atoms with Crippen molar-refractivity contribution < 1.29 is 8.95 Å². The summed E-state index contributed by atoms with van der Waals surface area (Å²) in [5.41, 5.74) is 7.48. The lowest BCUT2D eigenvalue weighted by atomic mass is 9.97. The summed E-state index contributed by atoms with van der Waals surface area (Å²) in [7, 11) is 0.793. The summed E-state index contributed by atoms with van der Waals surface area (Å²) < 4.78 is 18.0. The minimum Gasteiger partial charge on any atom is -0.399 e. The molecular weight excluding hydrogens is 246 g/mol. The van der Waals surface area contributed by atoms with Crippen LogP contribution in [0.25, 0.3) is 0 Å². The van der Waals surface area contributed by atoms with Crippen molar-refractivity contribution in [3.05, 3.63) is 23.8 Å². The van der Waals surface area contributed by atoms with E-state index in [1.807, 2.05) is 25.1 Å². The van der Waals surface area contributed by atoms with Crippen molar-refractivity contribution in [2.45, 2.75) is 48.9 Å². The molecule has 3 atom stereocenters. The van der Waals surface area contributed by atoms with Gasteiger partial charge in [0, 0.05) is 22.9 Å². The Morgan fingerprint density at radius 2 is 2.17 bits per heavy atom. The molecule has 100 valence electrons. The molecule has 0 heterocycles. The smallest absolute Gasteiger partial charge is 0.0583 e. The maximum absolute atomic E-state index is 12.6. The fourth-order valence-corrected chi connectivity index (χ4v) is 4.30. The van der Waals surface area contributed by atoms with E-state index in [9.17, 15) is 4.21 Å². The van der Waals surface area contributed by atoms with Gasteiger partial charge in [-0.3, -0.25) is 4.21 Å². The van der Waals surface area contributed by atoms with Crippen LogP contribution in [0.5, 0.6) is 0 Å². The van der Waals surface area contributed by atoms with Gasteiger partial charge in [0.2, 0.25) is 0 Å². The van der Waals surface area contributed by atoms with E-state index in [-0.39, 0.29) is 11.4 Å². The van der Waals surface area contributed by atoms with E-state index in [0.29, 0.717) is 0 Å². The number of nitrogens with two attached hydrogens (primary N) is 1. The number of anilines is 1. The molecular formula is C14H21NO2S. The number of hydrogen-bond donors (Lipinski definition) is 1. The monoisotopic (exact) mass is 267 g/mol. The maximum atomic E-state index is 12.6. The molecule has 3 nitrogen and oxygen atoms in total. The van der Waals surface area contributed by atoms with Gasteiger partial charge in [-0.15, -0.1) is 0 Å². The van der Waals surface area contributed by atoms with Crippen LogP contribution in [0.15, 0.2) is 23.1 Å². The summed E-state index contributed by atoms with van der Waals surface area (Å²) in [5.74, 6) is 0. The Kier molecular flexibility index (Phi) is 4.40. The highest BCUT2D eigenvalue weighted by Gasteiger charge is 2.27. The molecule has 1 aromatic carbocycles. The van der Waals surface area contributed by atoms with Gasteiger partial charge in [0.25, 0.3) is 0 Å². The Balaban J connectivity index is 2.15. The molecule has 2 rings (SSSR count). The van der Waals surface area contributed by atoms with E-state index < -0.39 is 10.8 Å². The van der Waals surface area contributed by atoms with Gasteiger partial charge >= 0.3 is 0 Å². The molecule has 2 N–H and O–H groups in total. The minimum atomic E-state index is -0.948. The first kappa shape index (κ1) is 13.6. The Morgan fingerprint density at radius 1 is 1.39 bits per heavy atom. The van der Waals surface area contributed by atoms with Crippen molar-refractivity contribution in [2.75, 3.05) is 12.8 Å². The van der Waals surface area contributed by atoms with Crippen LogP contribution >= 0.6 is 0 Å². The van der Waals surface area contributed by atoms with Crippen molar-refractivity contribution in [3.8, 4) is 0 Å². The van der Waals surface area contributed by atoms with Gasteiger partial charge in [0.1, 0.15) is 0 Å². The summed E-state index contributed by atoms with van der Waals surface area (Å²) in [6.45, 7) is 1.97. The van der Waals surface area contributed by atoms with Crippen LogP contribution in [-0.2, 0) is 15.5 Å². The molecule has 1 aromatic rings. The standard InChI is InChI=1S/C14H21NO2S/c1-10-8-11(15)6-7-14(10)18(16)13-5-3-4-12(9-13)17-2/h6-8,12-13H,3-5,9,15H2,1-2H3. The maximum Gasteiger partial charge on any atom is 0.0583 e. The topological polar surface area (TPSA) is 52.3 Å². The fourth-order valence-electron chi connectivity index (χ4n) is 2.59. The zero-order valence-electron chi connectivity index (χ0n) is 11.0. The molecule has 0 aromatic heterocycles. The van der Waals surface area contributed by atoms with Crippen LogP contribution in [0.2, 0.25) is 0 Å². The SMILES string of the molecule is COC1CCCC(S(=O)c2ccc(N)cc2C)C1. The summed E-state index contributed by atoms with van der Waals surface area (Å²) >= 11 is 0. The number of nitrogen functional groups attached to an aromatic ring is 1. The van der Waals surface area contributed by atoms with Crippen LogP contribution < -0.4 is 5.73 Å². The molecule has 3 unspecified atom stereocenters. The lowest BCUT2D eigenvalue weighted by Gasteiger charge is -2.28. The predicted molar refractivity (Wildman–Crippen MR) is 75.1 cm³/mol. The first-order valence-corrected chi connectivity index (χ1v) is 7.62. The fraction of sp³-hybridized carbons (Fsp3) is 0.571. The van der Waals surface area contributed by atoms with Crippen molar-refractivity contribution >= 4 is 16.5 Å². The first-order chi connectivity index (χ1) is 8.61. The third kappa shape index (κ3) is 2.93. The van der Waals surface area contributed by atoms with Gasteiger partial charge in [0.05, 0.1) is 16.9 Å². The Bertz CT molecular complexity index is 447. The third-order valence-electron chi connectivity index (χ3n) is 3.63. The summed E-state index contributed by atoms with van der Waals surface area (Å²) in [4.78, 5) is 0.922. The number of ether oxygens (including phenoxy) is 1. The normalized spacial score (nSPS) is 25.9. The lowest BCUT2D eigenvalue weighted by Crippen LogP contribution is -2.28. The molecule has 1 saturated carbocycles. The van der Waals surface area contributed by atoms with Crippen LogP contribution in [0.3, 0.4) is 0 Å². The van der Waals surface area contributed by atoms with Gasteiger partial charge in [0.15, 0.2) is 0 Å². The number of hydrogen-bond acceptors (Lipinski definition) is 3. The molecule has 1 fully saturated rings. The number of benzene rings is 1. The van der Waals surface area contributed by atoms with Gasteiger partial charge in [-0.25, -0.2) is 0 Å². The average Bonchev–Trinajstić information content (AvgIpc) is 2.38. The van der Waals surface area contributed by atoms with Crippen LogP contribution in [0.1, 0.15) is 31.2 Å². The number of rotatable bonds is 3. The van der Waals surface area contributed by atoms with Crippen LogP contribution in [0, 0.1) is 6.92 Å². The number of methoxy groups -OCH3 is 1. The number of aryl methyl sites for hydroxylation is 1. The van der Waals surface area contributed by atoms with Crippen LogP contribution in [0.4, 0.5) is 5.69 Å². The average molecular weight is 267 g/mol. The molecule has 0 saturated heterocycles. The molecule has 0 aliphatic heterocycles. The molecule has 0 radical (unpaired) electrons. The second-order valence-corrected chi connectivity index (χ2v) is 6.67. The Labute approximate surface area is 111 Å².